The second kappa shape index (κ2) is 6.87. The van der Waals surface area contributed by atoms with Gasteiger partial charge in [-0.25, -0.2) is 0 Å². The fourth-order valence-electron chi connectivity index (χ4n) is 1.21. The molecule has 0 aromatic rings. The van der Waals surface area contributed by atoms with Crippen LogP contribution in [-0.2, 0) is 9.59 Å². The van der Waals surface area contributed by atoms with Crippen LogP contribution in [0.15, 0.2) is 0 Å². The number of ketones is 2. The van der Waals surface area contributed by atoms with E-state index in [1.54, 1.807) is 13.8 Å². The topological polar surface area (TPSA) is 58.2 Å². The van der Waals surface area contributed by atoms with E-state index >= 15 is 0 Å². The molecule has 4 nitrogen and oxygen atoms in total. The maximum absolute atomic E-state index is 11.1. The zero-order valence-corrected chi connectivity index (χ0v) is 11.9. The van der Waals surface area contributed by atoms with Crippen LogP contribution in [0.25, 0.3) is 0 Å². The summed E-state index contributed by atoms with van der Waals surface area (Å²) in [5.74, 6) is 0.289. The van der Waals surface area contributed by atoms with Crippen LogP contribution in [-0.4, -0.2) is 36.7 Å². The van der Waals surface area contributed by atoms with Gasteiger partial charge in [0, 0.05) is 13.1 Å². The van der Waals surface area contributed by atoms with Crippen LogP contribution in [0, 0.1) is 5.41 Å². The van der Waals surface area contributed by atoms with E-state index < -0.39 is 0 Å². The van der Waals surface area contributed by atoms with Crippen LogP contribution < -0.4 is 10.6 Å². The quantitative estimate of drug-likeness (QED) is 0.670. The van der Waals surface area contributed by atoms with Gasteiger partial charge in [0.25, 0.3) is 0 Å². The molecule has 2 unspecified atom stereocenters. The highest BCUT2D eigenvalue weighted by molar-refractivity contribution is 5.81. The molecule has 0 rings (SSSR count). The summed E-state index contributed by atoms with van der Waals surface area (Å²) in [7, 11) is 0. The summed E-state index contributed by atoms with van der Waals surface area (Å²) < 4.78 is 0. The molecular weight excluding hydrogens is 216 g/mol. The van der Waals surface area contributed by atoms with E-state index in [2.05, 4.69) is 24.5 Å². The molecule has 0 bridgehead atoms. The Morgan fingerprint density at radius 2 is 1.24 bits per heavy atom. The van der Waals surface area contributed by atoms with Crippen molar-refractivity contribution in [2.75, 3.05) is 13.1 Å². The zero-order chi connectivity index (χ0) is 13.6. The van der Waals surface area contributed by atoms with Crippen molar-refractivity contribution in [3.8, 4) is 0 Å². The predicted octanol–water partition coefficient (Wildman–Crippen LogP) is 1.15. The van der Waals surface area contributed by atoms with E-state index in [9.17, 15) is 9.59 Å². The van der Waals surface area contributed by atoms with Gasteiger partial charge in [0.15, 0.2) is 0 Å². The lowest BCUT2D eigenvalue weighted by Crippen LogP contribution is -2.46. The molecule has 0 fully saturated rings. The number of Topliss-reactive ketones (excluding diaryl/α,β-unsaturated/α-hetero) is 2. The van der Waals surface area contributed by atoms with Gasteiger partial charge in [0.2, 0.25) is 0 Å². The Morgan fingerprint density at radius 3 is 1.47 bits per heavy atom. The molecule has 0 aliphatic rings. The van der Waals surface area contributed by atoms with Crippen molar-refractivity contribution in [2.24, 2.45) is 5.41 Å². The first kappa shape index (κ1) is 16.3. The lowest BCUT2D eigenvalue weighted by Gasteiger charge is -2.28. The van der Waals surface area contributed by atoms with E-state index in [1.807, 2.05) is 13.8 Å². The van der Waals surface area contributed by atoms with Crippen LogP contribution in [0.2, 0.25) is 0 Å². The van der Waals surface area contributed by atoms with Crippen molar-refractivity contribution in [1.29, 1.82) is 0 Å². The van der Waals surface area contributed by atoms with Gasteiger partial charge >= 0.3 is 0 Å². The van der Waals surface area contributed by atoms with Gasteiger partial charge in [-0.2, -0.15) is 0 Å². The molecule has 0 aromatic carbocycles. The van der Waals surface area contributed by atoms with Crippen molar-refractivity contribution in [2.45, 2.75) is 53.6 Å². The van der Waals surface area contributed by atoms with Crippen LogP contribution >= 0.6 is 0 Å². The first-order valence-corrected chi connectivity index (χ1v) is 6.13. The van der Waals surface area contributed by atoms with E-state index in [-0.39, 0.29) is 29.1 Å². The molecule has 0 spiro atoms. The average Bonchev–Trinajstić information content (AvgIpc) is 2.22. The number of carbonyl (C=O) groups is 2. The van der Waals surface area contributed by atoms with Crippen LogP contribution in [0.3, 0.4) is 0 Å². The van der Waals surface area contributed by atoms with Crippen molar-refractivity contribution >= 4 is 11.6 Å². The lowest BCUT2D eigenvalue weighted by atomic mass is 9.92. The standard InChI is InChI=1S/C13H26N2O2/c1-9(11(3)16)14-7-13(5,6)8-15-10(2)12(4)17/h9-10,14-15H,7-8H2,1-6H3. The Labute approximate surface area is 105 Å². The maximum atomic E-state index is 11.1. The summed E-state index contributed by atoms with van der Waals surface area (Å²) in [5, 5.41) is 6.40. The van der Waals surface area contributed by atoms with Crippen molar-refractivity contribution in [1.82, 2.24) is 10.6 Å². The van der Waals surface area contributed by atoms with Gasteiger partial charge in [-0.05, 0) is 33.1 Å². The molecule has 0 aliphatic carbocycles. The van der Waals surface area contributed by atoms with Gasteiger partial charge in [-0.1, -0.05) is 13.8 Å². The predicted molar refractivity (Wildman–Crippen MR) is 70.1 cm³/mol. The molecule has 0 radical (unpaired) electrons. The lowest BCUT2D eigenvalue weighted by molar-refractivity contribution is -0.119. The molecule has 0 heterocycles. The highest BCUT2D eigenvalue weighted by atomic mass is 16.1. The molecule has 100 valence electrons. The summed E-state index contributed by atoms with van der Waals surface area (Å²) in [4.78, 5) is 22.2. The number of nitrogens with one attached hydrogen (secondary N) is 2. The molecule has 0 aromatic heterocycles. The smallest absolute Gasteiger partial charge is 0.146 e. The summed E-state index contributed by atoms with van der Waals surface area (Å²) in [6, 6.07) is -0.223. The second-order valence-corrected chi connectivity index (χ2v) is 5.59. The summed E-state index contributed by atoms with van der Waals surface area (Å²) in [5.41, 5.74) is 0.00736. The number of hydrogen-bond acceptors (Lipinski definition) is 4. The Hall–Kier alpha value is -0.740. The minimum Gasteiger partial charge on any atom is -0.307 e. The third-order valence-electron chi connectivity index (χ3n) is 2.99. The average molecular weight is 242 g/mol. The van der Waals surface area contributed by atoms with E-state index in [1.165, 1.54) is 0 Å². The normalized spacial score (nSPS) is 15.4. The second-order valence-electron chi connectivity index (χ2n) is 5.59. The molecule has 17 heavy (non-hydrogen) atoms. The van der Waals surface area contributed by atoms with E-state index in [0.29, 0.717) is 0 Å². The largest absolute Gasteiger partial charge is 0.307 e. The van der Waals surface area contributed by atoms with Crippen LogP contribution in [0.1, 0.15) is 41.5 Å². The molecule has 2 N–H and O–H groups in total. The minimum atomic E-state index is -0.112. The minimum absolute atomic E-state index is 0.00736. The van der Waals surface area contributed by atoms with Crippen molar-refractivity contribution in [3.05, 3.63) is 0 Å². The monoisotopic (exact) mass is 242 g/mol. The van der Waals surface area contributed by atoms with Gasteiger partial charge in [-0.3, -0.25) is 9.59 Å². The molecule has 2 atom stereocenters. The summed E-state index contributed by atoms with van der Waals surface area (Å²) in [6.45, 7) is 12.6. The first-order chi connectivity index (χ1) is 7.65. The molecule has 0 aliphatic heterocycles. The van der Waals surface area contributed by atoms with E-state index in [0.717, 1.165) is 13.1 Å². The summed E-state index contributed by atoms with van der Waals surface area (Å²) >= 11 is 0. The maximum Gasteiger partial charge on any atom is 0.146 e. The molecule has 4 heteroatoms. The first-order valence-electron chi connectivity index (χ1n) is 6.13. The molecule has 0 amide bonds. The Morgan fingerprint density at radius 1 is 0.941 bits per heavy atom. The number of rotatable bonds is 8. The Balaban J connectivity index is 4.03. The van der Waals surface area contributed by atoms with Gasteiger partial charge < -0.3 is 10.6 Å². The van der Waals surface area contributed by atoms with Crippen LogP contribution in [0.4, 0.5) is 0 Å². The van der Waals surface area contributed by atoms with Crippen LogP contribution in [0.5, 0.6) is 0 Å². The van der Waals surface area contributed by atoms with Gasteiger partial charge in [0.05, 0.1) is 12.1 Å². The Bertz CT molecular complexity index is 249. The molecule has 0 saturated carbocycles. The van der Waals surface area contributed by atoms with E-state index in [4.69, 9.17) is 0 Å². The summed E-state index contributed by atoms with van der Waals surface area (Å²) in [6.07, 6.45) is 0. The van der Waals surface area contributed by atoms with Gasteiger partial charge in [0.1, 0.15) is 11.6 Å². The molecular formula is C13H26N2O2. The third-order valence-corrected chi connectivity index (χ3v) is 2.99. The zero-order valence-electron chi connectivity index (χ0n) is 11.9. The SMILES string of the molecule is CC(=O)C(C)NCC(C)(C)CNC(C)C(C)=O. The highest BCUT2D eigenvalue weighted by Crippen LogP contribution is 2.12. The highest BCUT2D eigenvalue weighted by Gasteiger charge is 2.21. The molecule has 0 saturated heterocycles. The fraction of sp³-hybridized carbons (Fsp3) is 0.846. The number of hydrogen-bond donors (Lipinski definition) is 2. The van der Waals surface area contributed by atoms with Gasteiger partial charge in [-0.15, -0.1) is 0 Å². The third kappa shape index (κ3) is 7.23. The van der Waals surface area contributed by atoms with Crippen molar-refractivity contribution < 1.29 is 9.59 Å². The number of carbonyl (C=O) groups excluding carboxylic acids is 2. The Kier molecular flexibility index (Phi) is 6.57. The van der Waals surface area contributed by atoms with Crippen molar-refractivity contribution in [3.63, 3.8) is 0 Å². The fourth-order valence-corrected chi connectivity index (χ4v) is 1.21.